The summed E-state index contributed by atoms with van der Waals surface area (Å²) in [4.78, 5) is 16.4. The first-order chi connectivity index (χ1) is 12.0. The Balaban J connectivity index is 1.71. The molecular weight excluding hydrogens is 323 g/mol. The van der Waals surface area contributed by atoms with Gasteiger partial charge in [-0.2, -0.15) is 5.10 Å². The van der Waals surface area contributed by atoms with Gasteiger partial charge in [-0.1, -0.05) is 12.1 Å². The maximum absolute atomic E-state index is 13.0. The van der Waals surface area contributed by atoms with Gasteiger partial charge in [0.2, 0.25) is 0 Å². The summed E-state index contributed by atoms with van der Waals surface area (Å²) in [5.41, 5.74) is 1.66. The van der Waals surface area contributed by atoms with E-state index in [4.69, 9.17) is 0 Å². The van der Waals surface area contributed by atoms with Crippen LogP contribution in [-0.4, -0.2) is 27.8 Å². The van der Waals surface area contributed by atoms with Gasteiger partial charge < -0.3 is 10.6 Å². The maximum atomic E-state index is 13.0. The predicted molar refractivity (Wildman–Crippen MR) is 95.0 cm³/mol. The number of hydrogen-bond acceptors (Lipinski definition) is 4. The van der Waals surface area contributed by atoms with Crippen molar-refractivity contribution < 1.29 is 9.18 Å². The van der Waals surface area contributed by atoms with Crippen LogP contribution >= 0.6 is 0 Å². The molecular formula is C17H19FN6O. The van der Waals surface area contributed by atoms with E-state index in [0.29, 0.717) is 5.82 Å². The van der Waals surface area contributed by atoms with Crippen LogP contribution in [0.1, 0.15) is 18.5 Å². The minimum Gasteiger partial charge on any atom is -0.371 e. The fraction of sp³-hybridized carbons (Fsp3) is 0.235. The Morgan fingerprint density at radius 3 is 2.68 bits per heavy atom. The zero-order valence-electron chi connectivity index (χ0n) is 14.2. The number of rotatable bonds is 4. The molecule has 3 N–H and O–H groups in total. The highest BCUT2D eigenvalue weighted by Gasteiger charge is 2.12. The second kappa shape index (κ2) is 6.76. The number of amides is 2. The van der Waals surface area contributed by atoms with Gasteiger partial charge in [-0.25, -0.2) is 14.2 Å². The molecule has 1 aromatic carbocycles. The van der Waals surface area contributed by atoms with Crippen molar-refractivity contribution in [2.24, 2.45) is 7.05 Å². The quantitative estimate of drug-likeness (QED) is 0.680. The van der Waals surface area contributed by atoms with Crippen molar-refractivity contribution in [1.29, 1.82) is 0 Å². The van der Waals surface area contributed by atoms with Crippen LogP contribution < -0.4 is 16.0 Å². The number of hydrogen-bond donors (Lipinski definition) is 3. The van der Waals surface area contributed by atoms with E-state index < -0.39 is 0 Å². The lowest BCUT2D eigenvalue weighted by atomic mass is 10.1. The molecule has 0 aliphatic rings. The molecule has 0 radical (unpaired) electrons. The molecule has 3 rings (SSSR count). The molecule has 2 heterocycles. The number of urea groups is 1. The van der Waals surface area contributed by atoms with Gasteiger partial charge >= 0.3 is 6.03 Å². The van der Waals surface area contributed by atoms with Crippen LogP contribution in [0.25, 0.3) is 10.9 Å². The number of halogens is 1. The van der Waals surface area contributed by atoms with E-state index in [9.17, 15) is 9.18 Å². The molecule has 1 atom stereocenters. The van der Waals surface area contributed by atoms with E-state index in [2.05, 4.69) is 26.0 Å². The molecule has 0 unspecified atom stereocenters. The molecule has 0 aliphatic carbocycles. The number of aryl methyl sites for hydroxylation is 1. The van der Waals surface area contributed by atoms with Crippen molar-refractivity contribution in [2.75, 3.05) is 17.7 Å². The van der Waals surface area contributed by atoms with E-state index in [-0.39, 0.29) is 17.9 Å². The van der Waals surface area contributed by atoms with Gasteiger partial charge in [-0.05, 0) is 24.6 Å². The molecule has 0 spiro atoms. The summed E-state index contributed by atoms with van der Waals surface area (Å²) in [7, 11) is 3.61. The van der Waals surface area contributed by atoms with E-state index in [0.717, 1.165) is 22.3 Å². The monoisotopic (exact) mass is 342 g/mol. The van der Waals surface area contributed by atoms with Crippen LogP contribution in [0, 0.1) is 5.82 Å². The van der Waals surface area contributed by atoms with E-state index in [1.54, 1.807) is 36.1 Å². The van der Waals surface area contributed by atoms with Gasteiger partial charge in [-0.15, -0.1) is 0 Å². The number of anilines is 2. The number of pyridine rings is 1. The average Bonchev–Trinajstić information content (AvgIpc) is 2.91. The number of benzene rings is 1. The van der Waals surface area contributed by atoms with E-state index in [1.165, 1.54) is 12.1 Å². The Hall–Kier alpha value is -3.16. The fourth-order valence-corrected chi connectivity index (χ4v) is 2.59. The second-order valence-electron chi connectivity index (χ2n) is 5.68. The molecule has 25 heavy (non-hydrogen) atoms. The molecule has 0 bridgehead atoms. The van der Waals surface area contributed by atoms with Crippen LogP contribution in [0.4, 0.5) is 20.8 Å². The van der Waals surface area contributed by atoms with Crippen LogP contribution in [-0.2, 0) is 7.05 Å². The third-order valence-corrected chi connectivity index (χ3v) is 3.93. The summed E-state index contributed by atoms with van der Waals surface area (Å²) in [6.45, 7) is 1.82. The Kier molecular flexibility index (Phi) is 4.51. The Bertz CT molecular complexity index is 905. The first-order valence-corrected chi connectivity index (χ1v) is 7.81. The fourth-order valence-electron chi connectivity index (χ4n) is 2.59. The molecule has 0 saturated carbocycles. The van der Waals surface area contributed by atoms with Crippen molar-refractivity contribution in [2.45, 2.75) is 13.0 Å². The lowest BCUT2D eigenvalue weighted by molar-refractivity contribution is 0.249. The number of carbonyl (C=O) groups is 1. The summed E-state index contributed by atoms with van der Waals surface area (Å²) in [6.07, 6.45) is 1.66. The number of fused-ring (bicyclic) bond motifs is 1. The van der Waals surface area contributed by atoms with E-state index in [1.807, 2.05) is 14.0 Å². The molecule has 2 amide bonds. The molecule has 3 aromatic rings. The molecule has 2 aromatic heterocycles. The van der Waals surface area contributed by atoms with Gasteiger partial charge in [0.1, 0.15) is 11.6 Å². The summed E-state index contributed by atoms with van der Waals surface area (Å²) in [5.74, 6) is 0.836. The van der Waals surface area contributed by atoms with Crippen LogP contribution in [0.15, 0.2) is 36.5 Å². The summed E-state index contributed by atoms with van der Waals surface area (Å²) < 4.78 is 14.7. The highest BCUT2D eigenvalue weighted by Crippen LogP contribution is 2.23. The Morgan fingerprint density at radius 1 is 1.28 bits per heavy atom. The minimum absolute atomic E-state index is 0.267. The Morgan fingerprint density at radius 2 is 2.00 bits per heavy atom. The molecule has 7 nitrogen and oxygen atoms in total. The van der Waals surface area contributed by atoms with Gasteiger partial charge in [0.05, 0.1) is 16.9 Å². The molecule has 8 heteroatoms. The first kappa shape index (κ1) is 16.7. The van der Waals surface area contributed by atoms with Crippen molar-refractivity contribution in [3.8, 4) is 0 Å². The van der Waals surface area contributed by atoms with Crippen molar-refractivity contribution in [3.63, 3.8) is 0 Å². The minimum atomic E-state index is -0.389. The lowest BCUT2D eigenvalue weighted by Crippen LogP contribution is -2.31. The second-order valence-corrected chi connectivity index (χ2v) is 5.68. The zero-order chi connectivity index (χ0) is 18.0. The molecule has 0 fully saturated rings. The normalized spacial score (nSPS) is 12.0. The number of aromatic nitrogens is 3. The Labute approximate surface area is 144 Å². The molecule has 0 saturated heterocycles. The van der Waals surface area contributed by atoms with Gasteiger partial charge in [0.25, 0.3) is 0 Å². The van der Waals surface area contributed by atoms with Crippen LogP contribution in [0.5, 0.6) is 0 Å². The summed E-state index contributed by atoms with van der Waals surface area (Å²) in [6, 6.07) is 7.10. The largest absolute Gasteiger partial charge is 0.371 e. The van der Waals surface area contributed by atoms with E-state index >= 15 is 0 Å². The van der Waals surface area contributed by atoms with Crippen molar-refractivity contribution >= 4 is 28.6 Å². The lowest BCUT2D eigenvalue weighted by Gasteiger charge is -2.14. The standard InChI is InChI=1S/C17H19FN6O/c1-10(11-4-6-12(18)7-5-11)21-17(25)22-15-8-14-13(9-20-15)16(19-2)23-24(14)3/h4-10H,1-3H3,(H,19,23)(H2,20,21,22,25)/t10-/m1/s1. The number of nitrogens with zero attached hydrogens (tertiary/aromatic N) is 3. The smallest absolute Gasteiger partial charge is 0.320 e. The predicted octanol–water partition coefficient (Wildman–Crippen LogP) is 3.03. The zero-order valence-corrected chi connectivity index (χ0v) is 14.2. The SMILES string of the molecule is CNc1nn(C)c2cc(NC(=O)N[C@H](C)c3ccc(F)cc3)ncc12. The topological polar surface area (TPSA) is 83.9 Å². The third-order valence-electron chi connectivity index (χ3n) is 3.93. The highest BCUT2D eigenvalue weighted by atomic mass is 19.1. The third kappa shape index (κ3) is 3.52. The number of nitrogens with one attached hydrogen (secondary N) is 3. The van der Waals surface area contributed by atoms with Gasteiger partial charge in [-0.3, -0.25) is 10.00 Å². The van der Waals surface area contributed by atoms with Crippen LogP contribution in [0.2, 0.25) is 0 Å². The summed E-state index contributed by atoms with van der Waals surface area (Å²) >= 11 is 0. The summed E-state index contributed by atoms with van der Waals surface area (Å²) in [5, 5.41) is 13.7. The first-order valence-electron chi connectivity index (χ1n) is 7.81. The van der Waals surface area contributed by atoms with Gasteiger partial charge in [0.15, 0.2) is 5.82 Å². The molecule has 130 valence electrons. The highest BCUT2D eigenvalue weighted by molar-refractivity contribution is 5.94. The van der Waals surface area contributed by atoms with Crippen LogP contribution in [0.3, 0.4) is 0 Å². The van der Waals surface area contributed by atoms with Crippen molar-refractivity contribution in [1.82, 2.24) is 20.1 Å². The maximum Gasteiger partial charge on any atom is 0.320 e. The van der Waals surface area contributed by atoms with Gasteiger partial charge in [0, 0.05) is 26.4 Å². The van der Waals surface area contributed by atoms with Crippen molar-refractivity contribution in [3.05, 3.63) is 47.9 Å². The molecule has 0 aliphatic heterocycles. The average molecular weight is 342 g/mol. The number of carbonyl (C=O) groups excluding carboxylic acids is 1.